The van der Waals surface area contributed by atoms with Gasteiger partial charge in [-0.15, -0.1) is 11.8 Å². The van der Waals surface area contributed by atoms with Crippen LogP contribution in [0.2, 0.25) is 0 Å². The minimum atomic E-state index is -0.990. The van der Waals surface area contributed by atoms with Gasteiger partial charge < -0.3 is 10.4 Å². The van der Waals surface area contributed by atoms with Gasteiger partial charge in [0.05, 0.1) is 5.75 Å². The molecule has 4 nitrogen and oxygen atoms in total. The number of amides is 1. The second-order valence-electron chi connectivity index (χ2n) is 7.56. The van der Waals surface area contributed by atoms with Crippen molar-refractivity contribution in [3.8, 4) is 0 Å². The topological polar surface area (TPSA) is 66.4 Å². The van der Waals surface area contributed by atoms with Crippen LogP contribution in [0.15, 0.2) is 72.9 Å². The molecular weight excluding hydrogens is 418 g/mol. The van der Waals surface area contributed by atoms with Gasteiger partial charge in [0.1, 0.15) is 6.04 Å². The van der Waals surface area contributed by atoms with Crippen LogP contribution in [0.3, 0.4) is 0 Å². The van der Waals surface area contributed by atoms with Gasteiger partial charge in [-0.25, -0.2) is 4.79 Å². The van der Waals surface area contributed by atoms with Crippen molar-refractivity contribution in [3.63, 3.8) is 0 Å². The van der Waals surface area contributed by atoms with E-state index < -0.39 is 12.0 Å². The maximum absolute atomic E-state index is 11.8. The van der Waals surface area contributed by atoms with Crippen LogP contribution in [0.1, 0.15) is 59.3 Å². The van der Waals surface area contributed by atoms with Crippen molar-refractivity contribution in [2.75, 3.05) is 11.5 Å². The van der Waals surface area contributed by atoms with Crippen molar-refractivity contribution in [2.45, 2.75) is 65.3 Å². The predicted molar refractivity (Wildman–Crippen MR) is 140 cm³/mol. The zero-order valence-electron chi connectivity index (χ0n) is 19.9. The number of aliphatic carboxylic acids is 1. The second kappa shape index (κ2) is 21.9. The molecule has 32 heavy (non-hydrogen) atoms. The van der Waals surface area contributed by atoms with Crippen molar-refractivity contribution in [1.82, 2.24) is 5.32 Å². The van der Waals surface area contributed by atoms with Crippen LogP contribution in [0.4, 0.5) is 0 Å². The van der Waals surface area contributed by atoms with Crippen molar-refractivity contribution in [2.24, 2.45) is 5.92 Å². The highest BCUT2D eigenvalue weighted by Crippen LogP contribution is 2.05. The highest BCUT2D eigenvalue weighted by atomic mass is 32.2. The molecule has 0 saturated heterocycles. The van der Waals surface area contributed by atoms with Crippen molar-refractivity contribution >= 4 is 23.6 Å². The molecule has 2 N–H and O–H groups in total. The summed E-state index contributed by atoms with van der Waals surface area (Å²) >= 11 is 1.47. The van der Waals surface area contributed by atoms with Gasteiger partial charge in [0.15, 0.2) is 0 Å². The van der Waals surface area contributed by atoms with Gasteiger partial charge in [0.25, 0.3) is 0 Å². The number of nitrogens with one attached hydrogen (secondary N) is 1. The summed E-state index contributed by atoms with van der Waals surface area (Å²) in [5, 5.41) is 11.6. The van der Waals surface area contributed by atoms with Crippen LogP contribution >= 0.6 is 11.8 Å². The lowest BCUT2D eigenvalue weighted by atomic mass is 10.1. The molecule has 178 valence electrons. The Balaban J connectivity index is 3.72. The maximum atomic E-state index is 11.8. The zero-order chi connectivity index (χ0) is 23.9. The monoisotopic (exact) mass is 459 g/mol. The molecule has 0 spiro atoms. The number of thioether (sulfide) groups is 1. The molecule has 0 aromatic heterocycles. The summed E-state index contributed by atoms with van der Waals surface area (Å²) in [6, 6.07) is -0.825. The van der Waals surface area contributed by atoms with Gasteiger partial charge >= 0.3 is 5.97 Å². The van der Waals surface area contributed by atoms with Gasteiger partial charge in [0.2, 0.25) is 5.91 Å². The second-order valence-corrected chi connectivity index (χ2v) is 8.59. The molecule has 0 rings (SSSR count). The molecule has 0 radical (unpaired) electrons. The first-order chi connectivity index (χ1) is 15.5. The third-order valence-corrected chi connectivity index (χ3v) is 5.19. The Bertz CT molecular complexity index is 672. The van der Waals surface area contributed by atoms with E-state index >= 15 is 0 Å². The van der Waals surface area contributed by atoms with E-state index in [0.717, 1.165) is 44.3 Å². The predicted octanol–water partition coefficient (Wildman–Crippen LogP) is 6.64. The first kappa shape index (κ1) is 29.7. The molecule has 0 aliphatic carbocycles. The number of carbonyl (C=O) groups is 2. The molecule has 0 bridgehead atoms. The molecule has 0 aromatic rings. The van der Waals surface area contributed by atoms with Crippen LogP contribution in [0.5, 0.6) is 0 Å². The van der Waals surface area contributed by atoms with Gasteiger partial charge in [-0.1, -0.05) is 93.7 Å². The average molecular weight is 460 g/mol. The number of hydrogen-bond acceptors (Lipinski definition) is 3. The van der Waals surface area contributed by atoms with Crippen LogP contribution in [0.25, 0.3) is 0 Å². The van der Waals surface area contributed by atoms with Crippen LogP contribution in [0, 0.1) is 5.92 Å². The van der Waals surface area contributed by atoms with Gasteiger partial charge in [-0.3, -0.25) is 4.79 Å². The largest absolute Gasteiger partial charge is 0.480 e. The lowest BCUT2D eigenvalue weighted by molar-refractivity contribution is -0.142. The lowest BCUT2D eigenvalue weighted by Gasteiger charge is -2.17. The first-order valence-electron chi connectivity index (χ1n) is 11.5. The third kappa shape index (κ3) is 19.7. The highest BCUT2D eigenvalue weighted by Gasteiger charge is 2.22. The summed E-state index contributed by atoms with van der Waals surface area (Å²) in [6.07, 6.45) is 31.8. The molecule has 0 heterocycles. The van der Waals surface area contributed by atoms with Crippen LogP contribution < -0.4 is 5.32 Å². The summed E-state index contributed by atoms with van der Waals surface area (Å²) in [6.45, 7) is 5.71. The fraction of sp³-hybridized carbons (Fsp3) is 0.481. The van der Waals surface area contributed by atoms with Crippen LogP contribution in [-0.4, -0.2) is 34.5 Å². The quantitative estimate of drug-likeness (QED) is 0.178. The average Bonchev–Trinajstić information content (AvgIpc) is 2.75. The summed E-state index contributed by atoms with van der Waals surface area (Å²) in [5.41, 5.74) is 0. The molecule has 0 aliphatic heterocycles. The molecular formula is C27H41NO3S. The van der Waals surface area contributed by atoms with E-state index in [1.165, 1.54) is 11.8 Å². The van der Waals surface area contributed by atoms with E-state index in [-0.39, 0.29) is 17.6 Å². The SMILES string of the molecule is CCC=CCC=CCC=CCC=CCC=CCC=CCSCC(=O)NC(C(=O)O)C(C)C. The molecule has 5 heteroatoms. The first-order valence-corrected chi connectivity index (χ1v) is 12.6. The number of carboxylic acid groups (broad SMARTS) is 1. The molecule has 0 saturated carbocycles. The van der Waals surface area contributed by atoms with Crippen molar-refractivity contribution in [1.29, 1.82) is 0 Å². The van der Waals surface area contributed by atoms with E-state index in [1.54, 1.807) is 13.8 Å². The smallest absolute Gasteiger partial charge is 0.326 e. The third-order valence-electron chi connectivity index (χ3n) is 4.29. The number of hydrogen-bond donors (Lipinski definition) is 2. The van der Waals surface area contributed by atoms with Crippen molar-refractivity contribution < 1.29 is 14.7 Å². The van der Waals surface area contributed by atoms with E-state index in [4.69, 9.17) is 5.11 Å². The Morgan fingerprint density at radius 2 is 1.16 bits per heavy atom. The number of carbonyl (C=O) groups excluding carboxylic acids is 1. The summed E-state index contributed by atoms with van der Waals surface area (Å²) in [5.74, 6) is -0.359. The summed E-state index contributed by atoms with van der Waals surface area (Å²) < 4.78 is 0. The molecule has 0 aliphatic rings. The summed E-state index contributed by atoms with van der Waals surface area (Å²) in [7, 11) is 0. The Labute approximate surface area is 199 Å². The number of rotatable bonds is 18. The summed E-state index contributed by atoms with van der Waals surface area (Å²) in [4.78, 5) is 22.9. The van der Waals surface area contributed by atoms with Gasteiger partial charge in [0, 0.05) is 5.75 Å². The van der Waals surface area contributed by atoms with E-state index in [1.807, 2.05) is 6.08 Å². The van der Waals surface area contributed by atoms with E-state index in [0.29, 0.717) is 0 Å². The fourth-order valence-electron chi connectivity index (χ4n) is 2.54. The zero-order valence-corrected chi connectivity index (χ0v) is 20.7. The highest BCUT2D eigenvalue weighted by molar-refractivity contribution is 8.00. The Morgan fingerprint density at radius 1 is 0.750 bits per heavy atom. The minimum absolute atomic E-state index is 0.134. The molecule has 0 aromatic carbocycles. The normalized spacial score (nSPS) is 13.8. The maximum Gasteiger partial charge on any atom is 0.326 e. The minimum Gasteiger partial charge on any atom is -0.480 e. The van der Waals surface area contributed by atoms with Gasteiger partial charge in [-0.05, 0) is 44.4 Å². The Kier molecular flexibility index (Phi) is 20.4. The molecule has 1 atom stereocenters. The number of allylic oxidation sites excluding steroid dienone is 11. The standard InChI is InChI=1S/C27H41NO3S/c1-4-5-6-7-8-9-10-11-12-13-14-15-16-17-18-19-20-21-22-32-23-25(29)28-26(24(2)3)27(30)31/h5-6,8-9,11-12,14-15,17-18,20-21,24,26H,4,7,10,13,16,19,22-23H2,1-3H3,(H,28,29)(H,30,31). The number of carboxylic acids is 1. The lowest BCUT2D eigenvalue weighted by Crippen LogP contribution is -2.45. The Morgan fingerprint density at radius 3 is 1.53 bits per heavy atom. The molecule has 0 fully saturated rings. The van der Waals surface area contributed by atoms with Crippen LogP contribution in [-0.2, 0) is 9.59 Å². The fourth-order valence-corrected chi connectivity index (χ4v) is 3.20. The van der Waals surface area contributed by atoms with E-state index in [2.05, 4.69) is 79.1 Å². The molecule has 1 amide bonds. The van der Waals surface area contributed by atoms with E-state index in [9.17, 15) is 9.59 Å². The molecule has 1 unspecified atom stereocenters. The van der Waals surface area contributed by atoms with Gasteiger partial charge in [-0.2, -0.15) is 0 Å². The van der Waals surface area contributed by atoms with Crippen molar-refractivity contribution in [3.05, 3.63) is 72.9 Å². The Hall–Kier alpha value is -2.27.